The predicted octanol–water partition coefficient (Wildman–Crippen LogP) is 2.85. The van der Waals surface area contributed by atoms with Gasteiger partial charge in [-0.05, 0) is 41.1 Å². The number of hydrogen-bond donors (Lipinski definition) is 2. The number of fused-ring (bicyclic) bond motifs is 1. The van der Waals surface area contributed by atoms with E-state index in [9.17, 15) is 4.79 Å². The number of nitriles is 1. The van der Waals surface area contributed by atoms with Gasteiger partial charge in [0, 0.05) is 22.5 Å². The Bertz CT molecular complexity index is 956. The lowest BCUT2D eigenvalue weighted by molar-refractivity contribution is -0.919. The fraction of sp³-hybridized carbons (Fsp3) is 0.200. The number of quaternary nitrogens is 1. The molecule has 3 aromatic rings. The van der Waals surface area contributed by atoms with Crippen LogP contribution in [0.3, 0.4) is 0 Å². The van der Waals surface area contributed by atoms with E-state index in [4.69, 9.17) is 5.26 Å². The summed E-state index contributed by atoms with van der Waals surface area (Å²) in [5.74, 6) is -0.0182. The molecule has 0 radical (unpaired) electrons. The van der Waals surface area contributed by atoms with Gasteiger partial charge in [-0.25, -0.2) is 0 Å². The zero-order valence-electron chi connectivity index (χ0n) is 14.1. The molecule has 2 aromatic heterocycles. The number of carbonyl (C=O) groups is 1. The highest BCUT2D eigenvalue weighted by Gasteiger charge is 2.35. The van der Waals surface area contributed by atoms with Gasteiger partial charge in [0.15, 0.2) is 6.54 Å². The topological polar surface area (TPSA) is 57.3 Å². The van der Waals surface area contributed by atoms with Gasteiger partial charge in [0.05, 0.1) is 23.1 Å². The molecule has 0 saturated heterocycles. The van der Waals surface area contributed by atoms with Crippen molar-refractivity contribution in [1.82, 2.24) is 0 Å². The second-order valence-electron chi connectivity index (χ2n) is 6.32. The smallest absolute Gasteiger partial charge is 0.279 e. The number of carbonyl (C=O) groups excluding carboxylic acids is 1. The highest BCUT2D eigenvalue weighted by molar-refractivity contribution is 7.10. The van der Waals surface area contributed by atoms with Gasteiger partial charge in [0.25, 0.3) is 5.91 Å². The first-order chi connectivity index (χ1) is 12.7. The minimum Gasteiger partial charge on any atom is -0.321 e. The van der Waals surface area contributed by atoms with Crippen LogP contribution in [0.1, 0.15) is 26.9 Å². The normalized spacial score (nSPS) is 18.7. The lowest BCUT2D eigenvalue weighted by Crippen LogP contribution is -3.14. The SMILES string of the molecule is N#Cc1cccc(NC(=O)C[NH+]2CCc3sccc3[C@H]2c2cccs2)c1. The molecule has 130 valence electrons. The number of nitrogens with zero attached hydrogens (tertiary/aromatic N) is 1. The van der Waals surface area contributed by atoms with Crippen LogP contribution < -0.4 is 10.2 Å². The van der Waals surface area contributed by atoms with Gasteiger partial charge in [0.2, 0.25) is 0 Å². The Morgan fingerprint density at radius 3 is 2.96 bits per heavy atom. The molecule has 26 heavy (non-hydrogen) atoms. The number of benzene rings is 1. The molecule has 2 N–H and O–H groups in total. The monoisotopic (exact) mass is 380 g/mol. The van der Waals surface area contributed by atoms with Crippen LogP contribution in [0, 0.1) is 11.3 Å². The van der Waals surface area contributed by atoms with E-state index in [1.807, 2.05) is 17.4 Å². The van der Waals surface area contributed by atoms with Crippen molar-refractivity contribution in [3.63, 3.8) is 0 Å². The number of thiophene rings is 2. The zero-order valence-corrected chi connectivity index (χ0v) is 15.7. The number of amides is 1. The van der Waals surface area contributed by atoms with E-state index in [0.717, 1.165) is 13.0 Å². The summed E-state index contributed by atoms with van der Waals surface area (Å²) in [7, 11) is 0. The van der Waals surface area contributed by atoms with Gasteiger partial charge < -0.3 is 10.2 Å². The van der Waals surface area contributed by atoms with E-state index in [1.54, 1.807) is 29.5 Å². The average molecular weight is 381 g/mol. The van der Waals surface area contributed by atoms with Crippen molar-refractivity contribution in [3.05, 3.63) is 74.1 Å². The van der Waals surface area contributed by atoms with Crippen molar-refractivity contribution in [2.45, 2.75) is 12.5 Å². The molecule has 1 amide bonds. The van der Waals surface area contributed by atoms with Gasteiger partial charge in [-0.3, -0.25) is 4.79 Å². The summed E-state index contributed by atoms with van der Waals surface area (Å²) in [4.78, 5) is 16.7. The predicted molar refractivity (Wildman–Crippen MR) is 105 cm³/mol. The third-order valence-electron chi connectivity index (χ3n) is 4.66. The van der Waals surface area contributed by atoms with Gasteiger partial charge in [0.1, 0.15) is 6.04 Å². The van der Waals surface area contributed by atoms with E-state index in [2.05, 4.69) is 40.3 Å². The second kappa shape index (κ2) is 7.42. The number of anilines is 1. The molecule has 1 unspecified atom stereocenters. The molecular formula is C20H18N3OS2+. The van der Waals surface area contributed by atoms with Crippen LogP contribution in [0.15, 0.2) is 53.2 Å². The van der Waals surface area contributed by atoms with Crippen molar-refractivity contribution in [3.8, 4) is 6.07 Å². The van der Waals surface area contributed by atoms with Gasteiger partial charge >= 0.3 is 0 Å². The molecule has 0 fully saturated rings. The molecule has 0 bridgehead atoms. The molecule has 0 aliphatic carbocycles. The Hall–Kier alpha value is -2.46. The van der Waals surface area contributed by atoms with Gasteiger partial charge in [-0.2, -0.15) is 5.26 Å². The Labute approximate surface area is 160 Å². The van der Waals surface area contributed by atoms with Crippen LogP contribution >= 0.6 is 22.7 Å². The maximum absolute atomic E-state index is 12.6. The molecule has 2 atom stereocenters. The number of nitrogens with one attached hydrogen (secondary N) is 2. The Kier molecular flexibility index (Phi) is 4.85. The molecule has 4 rings (SSSR count). The second-order valence-corrected chi connectivity index (χ2v) is 8.30. The summed E-state index contributed by atoms with van der Waals surface area (Å²) < 4.78 is 0. The minimum atomic E-state index is -0.0182. The molecule has 1 aliphatic rings. The van der Waals surface area contributed by atoms with Crippen LogP contribution in [0.5, 0.6) is 0 Å². The lowest BCUT2D eigenvalue weighted by atomic mass is 9.98. The summed E-state index contributed by atoms with van der Waals surface area (Å²) in [6.07, 6.45) is 1.02. The molecular weight excluding hydrogens is 362 g/mol. The lowest BCUT2D eigenvalue weighted by Gasteiger charge is -2.31. The van der Waals surface area contributed by atoms with Crippen molar-refractivity contribution in [2.75, 3.05) is 18.4 Å². The maximum atomic E-state index is 12.6. The standard InChI is InChI=1S/C20H17N3OS2/c21-12-14-3-1-4-15(11-14)22-19(24)13-23-8-6-17-16(7-10-26-17)20(23)18-5-2-9-25-18/h1-5,7,9-11,20H,6,8,13H2,(H,22,24)/p+1/t20-/m0/s1. The van der Waals surface area contributed by atoms with Crippen molar-refractivity contribution in [2.24, 2.45) is 0 Å². The fourth-order valence-corrected chi connectivity index (χ4v) is 5.35. The van der Waals surface area contributed by atoms with Crippen LogP contribution in [0.2, 0.25) is 0 Å². The van der Waals surface area contributed by atoms with Crippen LogP contribution in [-0.4, -0.2) is 19.0 Å². The molecule has 0 spiro atoms. The van der Waals surface area contributed by atoms with Crippen molar-refractivity contribution < 1.29 is 9.69 Å². The third kappa shape index (κ3) is 3.42. The highest BCUT2D eigenvalue weighted by atomic mass is 32.1. The first-order valence-electron chi connectivity index (χ1n) is 8.49. The molecule has 1 aromatic carbocycles. The average Bonchev–Trinajstić information content (AvgIpc) is 3.33. The fourth-order valence-electron chi connectivity index (χ4n) is 3.53. The van der Waals surface area contributed by atoms with Crippen LogP contribution in [0.25, 0.3) is 0 Å². The Balaban J connectivity index is 1.53. The Morgan fingerprint density at radius 2 is 2.15 bits per heavy atom. The van der Waals surface area contributed by atoms with E-state index in [1.165, 1.54) is 20.2 Å². The first kappa shape index (κ1) is 17.0. The molecule has 0 saturated carbocycles. The zero-order chi connectivity index (χ0) is 17.9. The van der Waals surface area contributed by atoms with E-state index < -0.39 is 0 Å². The summed E-state index contributed by atoms with van der Waals surface area (Å²) in [6.45, 7) is 1.36. The Morgan fingerprint density at radius 1 is 1.23 bits per heavy atom. The van der Waals surface area contributed by atoms with Gasteiger partial charge in [-0.1, -0.05) is 12.1 Å². The molecule has 1 aliphatic heterocycles. The van der Waals surface area contributed by atoms with E-state index in [-0.39, 0.29) is 11.9 Å². The quantitative estimate of drug-likeness (QED) is 0.731. The maximum Gasteiger partial charge on any atom is 0.279 e. The number of hydrogen-bond acceptors (Lipinski definition) is 4. The largest absolute Gasteiger partial charge is 0.321 e. The van der Waals surface area contributed by atoms with Crippen LogP contribution in [-0.2, 0) is 11.2 Å². The third-order valence-corrected chi connectivity index (χ3v) is 6.60. The van der Waals surface area contributed by atoms with Crippen LogP contribution in [0.4, 0.5) is 5.69 Å². The first-order valence-corrected chi connectivity index (χ1v) is 10.2. The minimum absolute atomic E-state index is 0.0182. The van der Waals surface area contributed by atoms with Gasteiger partial charge in [-0.15, -0.1) is 22.7 Å². The number of rotatable bonds is 4. The summed E-state index contributed by atoms with van der Waals surface area (Å²) in [6, 6.07) is 15.8. The van der Waals surface area contributed by atoms with E-state index in [0.29, 0.717) is 17.8 Å². The summed E-state index contributed by atoms with van der Waals surface area (Å²) in [5.41, 5.74) is 2.58. The molecule has 4 nitrogen and oxygen atoms in total. The van der Waals surface area contributed by atoms with Crippen molar-refractivity contribution >= 4 is 34.3 Å². The summed E-state index contributed by atoms with van der Waals surface area (Å²) in [5, 5.41) is 16.2. The van der Waals surface area contributed by atoms with Crippen molar-refractivity contribution in [1.29, 1.82) is 5.26 Å². The highest BCUT2D eigenvalue weighted by Crippen LogP contribution is 2.31. The molecule has 3 heterocycles. The molecule has 6 heteroatoms. The van der Waals surface area contributed by atoms with E-state index >= 15 is 0 Å². The summed E-state index contributed by atoms with van der Waals surface area (Å²) >= 11 is 3.57.